The molecule has 7 heteroatoms. The minimum absolute atomic E-state index is 0.215. The highest BCUT2D eigenvalue weighted by molar-refractivity contribution is 9.10. The molecule has 0 amide bonds. The van der Waals surface area contributed by atoms with Crippen LogP contribution in [-0.2, 0) is 13.6 Å². The molecule has 5 nitrogen and oxygen atoms in total. The lowest BCUT2D eigenvalue weighted by molar-refractivity contribution is 0.747. The fraction of sp³-hybridized carbons (Fsp3) is 0.222. The monoisotopic (exact) mass is 301 g/mol. The molecule has 2 heterocycles. The third-order valence-electron chi connectivity index (χ3n) is 1.92. The van der Waals surface area contributed by atoms with E-state index in [0.29, 0.717) is 12.4 Å². The van der Waals surface area contributed by atoms with Gasteiger partial charge in [-0.15, -0.1) is 0 Å². The Morgan fingerprint density at radius 2 is 2.38 bits per heavy atom. The van der Waals surface area contributed by atoms with Crippen LogP contribution in [0.5, 0.6) is 0 Å². The van der Waals surface area contributed by atoms with Gasteiger partial charge in [-0.2, -0.15) is 10.1 Å². The van der Waals surface area contributed by atoms with Crippen LogP contribution >= 0.6 is 27.5 Å². The number of aromatic nitrogens is 4. The second kappa shape index (κ2) is 4.80. The number of nitrogens with one attached hydrogen (secondary N) is 1. The summed E-state index contributed by atoms with van der Waals surface area (Å²) in [7, 11) is 1.88. The lowest BCUT2D eigenvalue weighted by atomic mass is 10.4. The number of hydrogen-bond donors (Lipinski definition) is 1. The number of hydrogen-bond acceptors (Lipinski definition) is 4. The van der Waals surface area contributed by atoms with Gasteiger partial charge in [-0.3, -0.25) is 4.68 Å². The van der Waals surface area contributed by atoms with Crippen molar-refractivity contribution in [3.05, 3.63) is 33.9 Å². The van der Waals surface area contributed by atoms with Crippen LogP contribution in [0.4, 0.5) is 5.82 Å². The van der Waals surface area contributed by atoms with Gasteiger partial charge >= 0.3 is 0 Å². The van der Waals surface area contributed by atoms with E-state index in [9.17, 15) is 0 Å². The van der Waals surface area contributed by atoms with Gasteiger partial charge in [0.15, 0.2) is 0 Å². The Balaban J connectivity index is 2.07. The number of anilines is 1. The van der Waals surface area contributed by atoms with Crippen molar-refractivity contribution in [2.24, 2.45) is 7.05 Å². The fourth-order valence-corrected chi connectivity index (χ4v) is 1.67. The lowest BCUT2D eigenvalue weighted by Gasteiger charge is -2.05. The zero-order chi connectivity index (χ0) is 11.5. The van der Waals surface area contributed by atoms with Gasteiger partial charge in [-0.1, -0.05) is 0 Å². The molecule has 0 unspecified atom stereocenters. The summed E-state index contributed by atoms with van der Waals surface area (Å²) in [5.41, 5.74) is 0.934. The number of halogens is 2. The summed E-state index contributed by atoms with van der Waals surface area (Å²) in [6, 6.07) is 1.93. The first-order chi connectivity index (χ1) is 7.65. The maximum absolute atomic E-state index is 5.70. The molecule has 0 fully saturated rings. The predicted molar refractivity (Wildman–Crippen MR) is 65.3 cm³/mol. The van der Waals surface area contributed by atoms with Crippen LogP contribution in [0.25, 0.3) is 0 Å². The molecule has 2 aromatic rings. The average Bonchev–Trinajstić information content (AvgIpc) is 2.66. The molecule has 16 heavy (non-hydrogen) atoms. The van der Waals surface area contributed by atoms with E-state index >= 15 is 0 Å². The van der Waals surface area contributed by atoms with E-state index in [2.05, 4.69) is 36.3 Å². The van der Waals surface area contributed by atoms with Crippen molar-refractivity contribution >= 4 is 33.3 Å². The van der Waals surface area contributed by atoms with Crippen molar-refractivity contribution in [1.82, 2.24) is 19.7 Å². The summed E-state index contributed by atoms with van der Waals surface area (Å²) in [5.74, 6) is 0.658. The minimum Gasteiger partial charge on any atom is -0.363 e. The zero-order valence-electron chi connectivity index (χ0n) is 8.48. The van der Waals surface area contributed by atoms with Gasteiger partial charge in [-0.05, 0) is 33.6 Å². The largest absolute Gasteiger partial charge is 0.363 e. The highest BCUT2D eigenvalue weighted by Gasteiger charge is 2.04. The Kier molecular flexibility index (Phi) is 3.40. The maximum Gasteiger partial charge on any atom is 0.224 e. The third-order valence-corrected chi connectivity index (χ3v) is 2.68. The second-order valence-corrected chi connectivity index (χ2v) is 4.36. The SMILES string of the molecule is Cn1ccc(CNc2nc(Cl)ncc2Br)n1. The van der Waals surface area contributed by atoms with Crippen LogP contribution in [0.2, 0.25) is 5.28 Å². The van der Waals surface area contributed by atoms with Crippen molar-refractivity contribution in [1.29, 1.82) is 0 Å². The van der Waals surface area contributed by atoms with Crippen molar-refractivity contribution < 1.29 is 0 Å². The molecule has 0 aliphatic rings. The van der Waals surface area contributed by atoms with E-state index in [0.717, 1.165) is 10.2 Å². The average molecular weight is 303 g/mol. The number of rotatable bonds is 3. The molecule has 0 atom stereocenters. The first-order valence-corrected chi connectivity index (χ1v) is 5.72. The molecule has 1 N–H and O–H groups in total. The van der Waals surface area contributed by atoms with Crippen molar-refractivity contribution in [2.45, 2.75) is 6.54 Å². The molecule has 0 aromatic carbocycles. The smallest absolute Gasteiger partial charge is 0.224 e. The number of nitrogens with zero attached hydrogens (tertiary/aromatic N) is 4. The molecule has 84 valence electrons. The van der Waals surface area contributed by atoms with E-state index in [1.165, 1.54) is 0 Å². The molecule has 2 rings (SSSR count). The molecular weight excluding hydrogens is 293 g/mol. The Bertz CT molecular complexity index is 498. The summed E-state index contributed by atoms with van der Waals surface area (Å²) in [6.45, 7) is 0.590. The van der Waals surface area contributed by atoms with Crippen LogP contribution in [0.15, 0.2) is 22.9 Å². The molecule has 0 spiro atoms. The second-order valence-electron chi connectivity index (χ2n) is 3.17. The van der Waals surface area contributed by atoms with Gasteiger partial charge in [0.25, 0.3) is 0 Å². The van der Waals surface area contributed by atoms with E-state index in [1.54, 1.807) is 10.9 Å². The van der Waals surface area contributed by atoms with E-state index in [-0.39, 0.29) is 5.28 Å². The van der Waals surface area contributed by atoms with Crippen LogP contribution in [0, 0.1) is 0 Å². The first-order valence-electron chi connectivity index (χ1n) is 4.55. The molecule has 0 saturated heterocycles. The summed E-state index contributed by atoms with van der Waals surface area (Å²) in [6.07, 6.45) is 3.50. The van der Waals surface area contributed by atoms with E-state index in [4.69, 9.17) is 11.6 Å². The molecule has 0 radical (unpaired) electrons. The third kappa shape index (κ3) is 2.70. The topological polar surface area (TPSA) is 55.6 Å². The maximum atomic E-state index is 5.70. The van der Waals surface area contributed by atoms with Crippen molar-refractivity contribution in [2.75, 3.05) is 5.32 Å². The minimum atomic E-state index is 0.215. The lowest BCUT2D eigenvalue weighted by Crippen LogP contribution is -2.04. The molecule has 0 saturated carbocycles. The highest BCUT2D eigenvalue weighted by Crippen LogP contribution is 2.20. The highest BCUT2D eigenvalue weighted by atomic mass is 79.9. The standard InChI is InChI=1S/C9H9BrClN5/c1-16-3-2-6(15-16)4-12-8-7(10)5-13-9(11)14-8/h2-3,5H,4H2,1H3,(H,12,13,14). The van der Waals surface area contributed by atoms with Gasteiger partial charge in [0.05, 0.1) is 16.7 Å². The van der Waals surface area contributed by atoms with Crippen LogP contribution < -0.4 is 5.32 Å². The van der Waals surface area contributed by atoms with Crippen LogP contribution in [0.3, 0.4) is 0 Å². The molecular formula is C9H9BrClN5. The Labute approximate surface area is 106 Å². The first kappa shape index (κ1) is 11.3. The summed E-state index contributed by atoms with van der Waals surface area (Å²) in [5, 5.41) is 7.58. The van der Waals surface area contributed by atoms with Gasteiger partial charge < -0.3 is 5.32 Å². The van der Waals surface area contributed by atoms with Crippen LogP contribution in [-0.4, -0.2) is 19.7 Å². The summed E-state index contributed by atoms with van der Waals surface area (Å²) >= 11 is 9.04. The van der Waals surface area contributed by atoms with E-state index < -0.39 is 0 Å². The molecule has 0 bridgehead atoms. The molecule has 0 aliphatic heterocycles. The summed E-state index contributed by atoms with van der Waals surface area (Å²) in [4.78, 5) is 7.90. The van der Waals surface area contributed by atoms with E-state index in [1.807, 2.05) is 19.3 Å². The normalized spacial score (nSPS) is 10.4. The van der Waals surface area contributed by atoms with Gasteiger partial charge in [-0.25, -0.2) is 4.98 Å². The van der Waals surface area contributed by atoms with Crippen LogP contribution in [0.1, 0.15) is 5.69 Å². The Hall–Kier alpha value is -1.14. The van der Waals surface area contributed by atoms with Gasteiger partial charge in [0.1, 0.15) is 5.82 Å². The molecule has 2 aromatic heterocycles. The molecule has 0 aliphatic carbocycles. The van der Waals surface area contributed by atoms with Crippen molar-refractivity contribution in [3.63, 3.8) is 0 Å². The fourth-order valence-electron chi connectivity index (χ4n) is 1.20. The van der Waals surface area contributed by atoms with Crippen molar-refractivity contribution in [3.8, 4) is 0 Å². The predicted octanol–water partition coefficient (Wildman–Crippen LogP) is 2.24. The quantitative estimate of drug-likeness (QED) is 0.884. The van der Waals surface area contributed by atoms with Gasteiger partial charge in [0, 0.05) is 19.4 Å². The number of aryl methyl sites for hydroxylation is 1. The zero-order valence-corrected chi connectivity index (χ0v) is 10.8. The summed E-state index contributed by atoms with van der Waals surface area (Å²) < 4.78 is 2.52. The Morgan fingerprint density at radius 1 is 1.56 bits per heavy atom. The Morgan fingerprint density at radius 3 is 3.06 bits per heavy atom. The van der Waals surface area contributed by atoms with Gasteiger partial charge in [0.2, 0.25) is 5.28 Å².